The molecule has 2 amide bonds. The fourth-order valence-corrected chi connectivity index (χ4v) is 3.96. The first-order valence-corrected chi connectivity index (χ1v) is 7.50. The largest absolute Gasteiger partial charge is 0.351 e. The van der Waals surface area contributed by atoms with Crippen LogP contribution < -0.4 is 5.73 Å². The monoisotopic (exact) mass is 286 g/mol. The summed E-state index contributed by atoms with van der Waals surface area (Å²) in [7, 11) is -3.56. The summed E-state index contributed by atoms with van der Waals surface area (Å²) < 4.78 is 37.6. The number of likely N-dealkylation sites (tertiary alicyclic amines) is 1. The first kappa shape index (κ1) is 13.8. The van der Waals surface area contributed by atoms with E-state index in [9.17, 15) is 17.6 Å². The maximum absolute atomic E-state index is 12.8. The molecule has 1 atom stereocenters. The highest BCUT2D eigenvalue weighted by Crippen LogP contribution is 2.23. The summed E-state index contributed by atoms with van der Waals surface area (Å²) in [6, 6.07) is 4.10. The van der Waals surface area contributed by atoms with E-state index in [2.05, 4.69) is 0 Å². The minimum absolute atomic E-state index is 0.0743. The average Bonchev–Trinajstić information content (AvgIpc) is 2.39. The molecular weight excluding hydrogens is 271 g/mol. The number of hydrogen-bond donors (Lipinski definition) is 1. The molecule has 2 N–H and O–H groups in total. The lowest BCUT2D eigenvalue weighted by atomic mass is 10.1. The minimum atomic E-state index is -3.56. The van der Waals surface area contributed by atoms with E-state index in [4.69, 9.17) is 5.73 Å². The number of sulfone groups is 1. The first-order valence-electron chi connectivity index (χ1n) is 5.95. The third-order valence-electron chi connectivity index (χ3n) is 3.27. The lowest BCUT2D eigenvalue weighted by Crippen LogP contribution is -2.47. The molecule has 1 heterocycles. The summed E-state index contributed by atoms with van der Waals surface area (Å²) >= 11 is 0. The molecule has 2 rings (SSSR count). The van der Waals surface area contributed by atoms with Crippen molar-refractivity contribution in [2.24, 2.45) is 5.73 Å². The highest BCUT2D eigenvalue weighted by atomic mass is 32.2. The molecule has 1 aliphatic heterocycles. The fraction of sp³-hybridized carbons (Fsp3) is 0.417. The zero-order valence-corrected chi connectivity index (χ0v) is 11.1. The molecule has 0 saturated carbocycles. The Labute approximate surface area is 111 Å². The number of carbonyl (C=O) groups is 1. The molecule has 104 valence electrons. The summed E-state index contributed by atoms with van der Waals surface area (Å²) in [6.45, 7) is 0.569. The van der Waals surface area contributed by atoms with Gasteiger partial charge in [0.25, 0.3) is 0 Å². The van der Waals surface area contributed by atoms with Crippen molar-refractivity contribution in [2.75, 3.05) is 13.1 Å². The third-order valence-corrected chi connectivity index (χ3v) is 5.46. The molecule has 1 aromatic rings. The molecule has 1 saturated heterocycles. The number of carbonyl (C=O) groups excluding carboxylic acids is 1. The number of piperidine rings is 1. The third kappa shape index (κ3) is 2.86. The molecule has 0 radical (unpaired) electrons. The van der Waals surface area contributed by atoms with Crippen LogP contribution in [0.5, 0.6) is 0 Å². The van der Waals surface area contributed by atoms with Crippen LogP contribution in [0.4, 0.5) is 9.18 Å². The number of nitrogens with zero attached hydrogens (tertiary/aromatic N) is 1. The topological polar surface area (TPSA) is 80.5 Å². The van der Waals surface area contributed by atoms with Gasteiger partial charge in [0.2, 0.25) is 0 Å². The smallest absolute Gasteiger partial charge is 0.314 e. The zero-order valence-electron chi connectivity index (χ0n) is 10.3. The van der Waals surface area contributed by atoms with Crippen molar-refractivity contribution in [1.29, 1.82) is 0 Å². The maximum atomic E-state index is 12.8. The number of benzene rings is 1. The predicted molar refractivity (Wildman–Crippen MR) is 67.8 cm³/mol. The Hall–Kier alpha value is -1.63. The van der Waals surface area contributed by atoms with Crippen molar-refractivity contribution in [3.8, 4) is 0 Å². The van der Waals surface area contributed by atoms with Gasteiger partial charge in [0.05, 0.1) is 10.1 Å². The lowest BCUT2D eigenvalue weighted by Gasteiger charge is -2.31. The SMILES string of the molecule is NC(=O)N1CCCC(S(=O)(=O)c2ccc(F)cc2)C1. The molecule has 19 heavy (non-hydrogen) atoms. The summed E-state index contributed by atoms with van der Waals surface area (Å²) in [5, 5.41) is -0.681. The van der Waals surface area contributed by atoms with Crippen LogP contribution in [0.1, 0.15) is 12.8 Å². The number of urea groups is 1. The van der Waals surface area contributed by atoms with Crippen LogP contribution in [0, 0.1) is 5.82 Å². The van der Waals surface area contributed by atoms with Crippen molar-refractivity contribution < 1.29 is 17.6 Å². The Bertz CT molecular complexity index is 571. The predicted octanol–water partition coefficient (Wildman–Crippen LogP) is 1.14. The van der Waals surface area contributed by atoms with Gasteiger partial charge in [-0.25, -0.2) is 17.6 Å². The number of rotatable bonds is 2. The number of nitrogens with two attached hydrogens (primary N) is 1. The van der Waals surface area contributed by atoms with Gasteiger partial charge in [-0.2, -0.15) is 0 Å². The molecule has 0 aliphatic carbocycles. The second-order valence-electron chi connectivity index (χ2n) is 4.55. The molecule has 0 bridgehead atoms. The highest BCUT2D eigenvalue weighted by Gasteiger charge is 2.33. The van der Waals surface area contributed by atoms with Gasteiger partial charge in [0.1, 0.15) is 5.82 Å². The van der Waals surface area contributed by atoms with Crippen molar-refractivity contribution in [2.45, 2.75) is 23.0 Å². The van der Waals surface area contributed by atoms with Crippen molar-refractivity contribution in [3.63, 3.8) is 0 Å². The normalized spacial score (nSPS) is 20.3. The molecule has 1 unspecified atom stereocenters. The van der Waals surface area contributed by atoms with Gasteiger partial charge < -0.3 is 10.6 Å². The van der Waals surface area contributed by atoms with Crippen LogP contribution in [0.2, 0.25) is 0 Å². The molecule has 7 heteroatoms. The first-order chi connectivity index (χ1) is 8.91. The second kappa shape index (κ2) is 5.16. The van der Waals surface area contributed by atoms with Gasteiger partial charge in [-0.3, -0.25) is 0 Å². The van der Waals surface area contributed by atoms with E-state index in [1.807, 2.05) is 0 Å². The highest BCUT2D eigenvalue weighted by molar-refractivity contribution is 7.92. The van der Waals surface area contributed by atoms with E-state index in [1.54, 1.807) is 0 Å². The number of hydrogen-bond acceptors (Lipinski definition) is 3. The molecule has 1 aliphatic rings. The summed E-state index contributed by atoms with van der Waals surface area (Å²) in [6.07, 6.45) is 1.07. The number of amides is 2. The van der Waals surface area contributed by atoms with Gasteiger partial charge in [0, 0.05) is 13.1 Å². The Morgan fingerprint density at radius 3 is 2.53 bits per heavy atom. The van der Waals surface area contributed by atoms with Crippen LogP contribution in [-0.2, 0) is 9.84 Å². The van der Waals surface area contributed by atoms with Gasteiger partial charge >= 0.3 is 6.03 Å². The number of primary amides is 1. The molecule has 1 fully saturated rings. The summed E-state index contributed by atoms with van der Waals surface area (Å²) in [4.78, 5) is 12.5. The van der Waals surface area contributed by atoms with E-state index in [1.165, 1.54) is 17.0 Å². The summed E-state index contributed by atoms with van der Waals surface area (Å²) in [5.74, 6) is -0.485. The average molecular weight is 286 g/mol. The quantitative estimate of drug-likeness (QED) is 0.828. The van der Waals surface area contributed by atoms with E-state index >= 15 is 0 Å². The van der Waals surface area contributed by atoms with E-state index in [0.29, 0.717) is 19.4 Å². The maximum Gasteiger partial charge on any atom is 0.314 e. The van der Waals surface area contributed by atoms with Crippen LogP contribution in [-0.4, -0.2) is 37.7 Å². The van der Waals surface area contributed by atoms with Crippen LogP contribution in [0.15, 0.2) is 29.2 Å². The Morgan fingerprint density at radius 2 is 1.95 bits per heavy atom. The Balaban J connectivity index is 2.24. The van der Waals surface area contributed by atoms with Gasteiger partial charge in [0.15, 0.2) is 9.84 Å². The molecule has 0 spiro atoms. The Kier molecular flexibility index (Phi) is 3.75. The lowest BCUT2D eigenvalue weighted by molar-refractivity contribution is 0.196. The van der Waals surface area contributed by atoms with E-state index in [0.717, 1.165) is 12.1 Å². The molecule has 5 nitrogen and oxygen atoms in total. The molecule has 0 aromatic heterocycles. The van der Waals surface area contributed by atoms with Crippen LogP contribution >= 0.6 is 0 Å². The molecule has 1 aromatic carbocycles. The van der Waals surface area contributed by atoms with Crippen molar-refractivity contribution >= 4 is 15.9 Å². The van der Waals surface area contributed by atoms with E-state index in [-0.39, 0.29) is 11.4 Å². The minimum Gasteiger partial charge on any atom is -0.351 e. The van der Waals surface area contributed by atoms with Crippen LogP contribution in [0.25, 0.3) is 0 Å². The standard InChI is InChI=1S/C12H15FN2O3S/c13-9-3-5-10(6-4-9)19(17,18)11-2-1-7-15(8-11)12(14)16/h3-6,11H,1-2,7-8H2,(H2,14,16). The zero-order chi connectivity index (χ0) is 14.0. The van der Waals surface area contributed by atoms with E-state index < -0.39 is 26.9 Å². The van der Waals surface area contributed by atoms with Gasteiger partial charge in [-0.1, -0.05) is 0 Å². The second-order valence-corrected chi connectivity index (χ2v) is 6.78. The Morgan fingerprint density at radius 1 is 1.32 bits per heavy atom. The van der Waals surface area contributed by atoms with Crippen molar-refractivity contribution in [3.05, 3.63) is 30.1 Å². The molecular formula is C12H15FN2O3S. The van der Waals surface area contributed by atoms with Crippen LogP contribution in [0.3, 0.4) is 0 Å². The van der Waals surface area contributed by atoms with Gasteiger partial charge in [-0.15, -0.1) is 0 Å². The van der Waals surface area contributed by atoms with Gasteiger partial charge in [-0.05, 0) is 37.1 Å². The van der Waals surface area contributed by atoms with Crippen molar-refractivity contribution in [1.82, 2.24) is 4.90 Å². The summed E-state index contributed by atoms with van der Waals surface area (Å²) in [5.41, 5.74) is 5.17. The fourth-order valence-electron chi connectivity index (χ4n) is 2.21. The number of halogens is 1.